The number of phenols is 1. The number of hydrogen-bond acceptors (Lipinski definition) is 8. The summed E-state index contributed by atoms with van der Waals surface area (Å²) in [5.41, 5.74) is 5.59. The van der Waals surface area contributed by atoms with Crippen LogP contribution in [-0.2, 0) is 10.0 Å². The Hall–Kier alpha value is -3.02. The van der Waals surface area contributed by atoms with Crippen LogP contribution in [0, 0.1) is 0 Å². The molecule has 0 bridgehead atoms. The van der Waals surface area contributed by atoms with Crippen LogP contribution in [0.2, 0.25) is 0 Å². The Morgan fingerprint density at radius 1 is 1.13 bits per heavy atom. The normalized spacial score (nSPS) is 12.2. The van der Waals surface area contributed by atoms with Crippen LogP contribution in [0.3, 0.4) is 0 Å². The molecule has 0 fully saturated rings. The van der Waals surface area contributed by atoms with E-state index in [2.05, 4.69) is 10.0 Å². The van der Waals surface area contributed by atoms with E-state index in [0.717, 1.165) is 0 Å². The number of hydrogen-bond donors (Lipinski definition) is 5. The van der Waals surface area contributed by atoms with Gasteiger partial charge in [-0.2, -0.15) is 0 Å². The zero-order chi connectivity index (χ0) is 22.9. The Balaban J connectivity index is 1.66. The number of primary amides is 1. The number of benzene rings is 2. The molecule has 0 aromatic heterocycles. The molecule has 10 nitrogen and oxygen atoms in total. The summed E-state index contributed by atoms with van der Waals surface area (Å²) in [4.78, 5) is 11.2. The molecule has 170 valence electrons. The van der Waals surface area contributed by atoms with E-state index < -0.39 is 22.0 Å². The topological polar surface area (TPSA) is 160 Å². The first-order chi connectivity index (χ1) is 14.7. The number of sulfonamides is 1. The number of nitrogens with two attached hydrogens (primary N) is 1. The van der Waals surface area contributed by atoms with Gasteiger partial charge in [0.15, 0.2) is 0 Å². The van der Waals surface area contributed by atoms with Gasteiger partial charge in [0.25, 0.3) is 5.91 Å². The van der Waals surface area contributed by atoms with Crippen LogP contribution in [0.25, 0.3) is 0 Å². The number of aliphatic hydroxyl groups excluding tert-OH is 1. The summed E-state index contributed by atoms with van der Waals surface area (Å²) >= 11 is 0. The molecule has 0 heterocycles. The standard InChI is InChI=1S/C20H27N3O7S/c1-2-31(27,28)23-14-3-5-16(6-4-14)30-13-15(24)12-22-9-10-29-17-7-8-19(25)18(11-17)20(21)26/h3-8,11,15,22-25H,2,9-10,12-13H2,1H3,(H2,21,26). The minimum atomic E-state index is -3.33. The van der Waals surface area contributed by atoms with E-state index in [-0.39, 0.29) is 36.8 Å². The second kappa shape index (κ2) is 11.4. The summed E-state index contributed by atoms with van der Waals surface area (Å²) in [6.07, 6.45) is -0.770. The average Bonchev–Trinajstić information content (AvgIpc) is 2.73. The van der Waals surface area contributed by atoms with Crippen molar-refractivity contribution in [2.24, 2.45) is 5.73 Å². The van der Waals surface area contributed by atoms with Gasteiger partial charge >= 0.3 is 0 Å². The minimum absolute atomic E-state index is 0.0150. The fraction of sp³-hybridized carbons (Fsp3) is 0.350. The molecule has 0 saturated heterocycles. The molecule has 0 aliphatic heterocycles. The highest BCUT2D eigenvalue weighted by molar-refractivity contribution is 7.92. The van der Waals surface area contributed by atoms with Crippen LogP contribution in [0.1, 0.15) is 17.3 Å². The van der Waals surface area contributed by atoms with Crippen LogP contribution < -0.4 is 25.2 Å². The van der Waals surface area contributed by atoms with Crippen molar-refractivity contribution >= 4 is 21.6 Å². The summed E-state index contributed by atoms with van der Waals surface area (Å²) in [6, 6.07) is 10.6. The summed E-state index contributed by atoms with van der Waals surface area (Å²) < 4.78 is 36.5. The first kappa shape index (κ1) is 24.3. The lowest BCUT2D eigenvalue weighted by molar-refractivity contribution is 0.0996. The molecule has 2 rings (SSSR count). The third-order valence-corrected chi connectivity index (χ3v) is 5.42. The Kier molecular flexibility index (Phi) is 8.91. The zero-order valence-corrected chi connectivity index (χ0v) is 17.9. The van der Waals surface area contributed by atoms with Gasteiger partial charge in [0.2, 0.25) is 10.0 Å². The number of rotatable bonds is 13. The molecule has 0 spiro atoms. The molecule has 0 aliphatic rings. The maximum Gasteiger partial charge on any atom is 0.252 e. The van der Waals surface area contributed by atoms with Gasteiger partial charge in [-0.25, -0.2) is 8.42 Å². The lowest BCUT2D eigenvalue weighted by Crippen LogP contribution is -2.33. The Labute approximate surface area is 181 Å². The van der Waals surface area contributed by atoms with Crippen molar-refractivity contribution in [2.75, 3.05) is 36.8 Å². The molecule has 1 unspecified atom stereocenters. The molecule has 2 aromatic rings. The lowest BCUT2D eigenvalue weighted by atomic mass is 10.2. The minimum Gasteiger partial charge on any atom is -0.507 e. The summed E-state index contributed by atoms with van der Waals surface area (Å²) in [7, 11) is -3.33. The zero-order valence-electron chi connectivity index (χ0n) is 17.1. The number of ether oxygens (including phenoxy) is 2. The molecule has 31 heavy (non-hydrogen) atoms. The van der Waals surface area contributed by atoms with Gasteiger partial charge in [0, 0.05) is 18.8 Å². The second-order valence-corrected chi connectivity index (χ2v) is 8.60. The van der Waals surface area contributed by atoms with Crippen molar-refractivity contribution in [2.45, 2.75) is 13.0 Å². The Bertz CT molecular complexity index is 965. The molecule has 11 heteroatoms. The third-order valence-electron chi connectivity index (χ3n) is 4.11. The van der Waals surface area contributed by atoms with E-state index in [9.17, 15) is 23.4 Å². The molecule has 0 radical (unpaired) electrons. The van der Waals surface area contributed by atoms with Gasteiger partial charge < -0.3 is 30.7 Å². The van der Waals surface area contributed by atoms with E-state index >= 15 is 0 Å². The summed E-state index contributed by atoms with van der Waals surface area (Å²) in [5.74, 6) is -0.0841. The van der Waals surface area contributed by atoms with Gasteiger partial charge in [0.05, 0.1) is 11.3 Å². The SMILES string of the molecule is CCS(=O)(=O)Nc1ccc(OCC(O)CNCCOc2ccc(O)c(C(N)=O)c2)cc1. The van der Waals surface area contributed by atoms with E-state index in [4.69, 9.17) is 15.2 Å². The first-order valence-corrected chi connectivity index (χ1v) is 11.2. The van der Waals surface area contributed by atoms with Crippen molar-refractivity contribution in [3.8, 4) is 17.2 Å². The van der Waals surface area contributed by atoms with Crippen molar-refractivity contribution in [1.82, 2.24) is 5.32 Å². The summed E-state index contributed by atoms with van der Waals surface area (Å²) in [6.45, 7) is 2.56. The molecular weight excluding hydrogens is 426 g/mol. The number of nitrogens with one attached hydrogen (secondary N) is 2. The molecule has 1 amide bonds. The number of aliphatic hydroxyl groups is 1. The Morgan fingerprint density at radius 2 is 1.81 bits per heavy atom. The number of anilines is 1. The highest BCUT2D eigenvalue weighted by atomic mass is 32.2. The average molecular weight is 454 g/mol. The largest absolute Gasteiger partial charge is 0.507 e. The van der Waals surface area contributed by atoms with Gasteiger partial charge in [-0.1, -0.05) is 0 Å². The fourth-order valence-corrected chi connectivity index (χ4v) is 3.07. The van der Waals surface area contributed by atoms with Crippen molar-refractivity contribution in [3.05, 3.63) is 48.0 Å². The number of carbonyl (C=O) groups is 1. The van der Waals surface area contributed by atoms with Gasteiger partial charge in [-0.05, 0) is 49.4 Å². The van der Waals surface area contributed by atoms with E-state index in [1.807, 2.05) is 0 Å². The fourth-order valence-electron chi connectivity index (χ4n) is 2.43. The van der Waals surface area contributed by atoms with E-state index in [1.54, 1.807) is 31.2 Å². The van der Waals surface area contributed by atoms with Gasteiger partial charge in [-0.3, -0.25) is 9.52 Å². The van der Waals surface area contributed by atoms with Crippen LogP contribution in [0.4, 0.5) is 5.69 Å². The first-order valence-electron chi connectivity index (χ1n) is 9.58. The van der Waals surface area contributed by atoms with Crippen LogP contribution in [-0.4, -0.2) is 62.7 Å². The van der Waals surface area contributed by atoms with Gasteiger partial charge in [-0.15, -0.1) is 0 Å². The molecule has 6 N–H and O–H groups in total. The predicted octanol–water partition coefficient (Wildman–Crippen LogP) is 0.661. The van der Waals surface area contributed by atoms with Gasteiger partial charge in [0.1, 0.15) is 36.6 Å². The number of amides is 1. The smallest absolute Gasteiger partial charge is 0.252 e. The van der Waals surface area contributed by atoms with E-state index in [0.29, 0.717) is 23.7 Å². The quantitative estimate of drug-likeness (QED) is 0.277. The maximum absolute atomic E-state index is 11.5. The highest BCUT2D eigenvalue weighted by Crippen LogP contribution is 2.22. The number of carbonyl (C=O) groups excluding carboxylic acids is 1. The third kappa shape index (κ3) is 8.32. The van der Waals surface area contributed by atoms with Crippen LogP contribution in [0.5, 0.6) is 17.2 Å². The van der Waals surface area contributed by atoms with E-state index in [1.165, 1.54) is 18.2 Å². The molecular formula is C20H27N3O7S. The van der Waals surface area contributed by atoms with Crippen LogP contribution >= 0.6 is 0 Å². The molecule has 1 atom stereocenters. The predicted molar refractivity (Wildman–Crippen MR) is 116 cm³/mol. The van der Waals surface area contributed by atoms with Crippen molar-refractivity contribution < 1.29 is 32.9 Å². The Morgan fingerprint density at radius 3 is 2.45 bits per heavy atom. The summed E-state index contributed by atoms with van der Waals surface area (Å²) in [5, 5.41) is 22.5. The monoisotopic (exact) mass is 453 g/mol. The second-order valence-electron chi connectivity index (χ2n) is 6.59. The van der Waals surface area contributed by atoms with Crippen LogP contribution in [0.15, 0.2) is 42.5 Å². The molecule has 0 aliphatic carbocycles. The lowest BCUT2D eigenvalue weighted by Gasteiger charge is -2.14. The maximum atomic E-state index is 11.5. The molecule has 0 saturated carbocycles. The van der Waals surface area contributed by atoms with Crippen molar-refractivity contribution in [3.63, 3.8) is 0 Å². The number of aromatic hydroxyl groups is 1. The molecule has 2 aromatic carbocycles. The highest BCUT2D eigenvalue weighted by Gasteiger charge is 2.10. The van der Waals surface area contributed by atoms with Crippen molar-refractivity contribution in [1.29, 1.82) is 0 Å².